The highest BCUT2D eigenvalue weighted by atomic mass is 16.3. The van der Waals surface area contributed by atoms with Crippen molar-refractivity contribution >= 4 is 5.69 Å². The Balaban J connectivity index is 1.94. The maximum absolute atomic E-state index is 9.43. The van der Waals surface area contributed by atoms with E-state index in [4.69, 9.17) is 0 Å². The molecule has 1 N–H and O–H groups in total. The Hall–Kier alpha value is -1.22. The van der Waals surface area contributed by atoms with Crippen LogP contribution in [0.1, 0.15) is 6.42 Å². The van der Waals surface area contributed by atoms with Crippen LogP contribution in [0.25, 0.3) is 0 Å². The van der Waals surface area contributed by atoms with Gasteiger partial charge < -0.3 is 10.0 Å². The van der Waals surface area contributed by atoms with E-state index in [1.165, 1.54) is 0 Å². The SMILES string of the molecule is [CH2]CCN1CCN(c2cccc(O)c2)CC1. The zero-order valence-corrected chi connectivity index (χ0v) is 9.60. The molecule has 1 aliphatic heterocycles. The number of benzene rings is 1. The van der Waals surface area contributed by atoms with Crippen LogP contribution in [0, 0.1) is 6.92 Å². The fourth-order valence-corrected chi connectivity index (χ4v) is 2.14. The molecule has 3 heteroatoms. The fraction of sp³-hybridized carbons (Fsp3) is 0.462. The smallest absolute Gasteiger partial charge is 0.117 e. The van der Waals surface area contributed by atoms with Crippen molar-refractivity contribution in [1.29, 1.82) is 0 Å². The van der Waals surface area contributed by atoms with Crippen molar-refractivity contribution < 1.29 is 5.11 Å². The summed E-state index contributed by atoms with van der Waals surface area (Å²) in [5.74, 6) is 0.345. The Morgan fingerprint density at radius 2 is 1.94 bits per heavy atom. The van der Waals surface area contributed by atoms with Crippen LogP contribution in [0.15, 0.2) is 24.3 Å². The molecule has 0 unspecified atom stereocenters. The van der Waals surface area contributed by atoms with Gasteiger partial charge in [0, 0.05) is 37.9 Å². The number of piperazine rings is 1. The first kappa shape index (κ1) is 11.3. The highest BCUT2D eigenvalue weighted by Gasteiger charge is 2.16. The van der Waals surface area contributed by atoms with Gasteiger partial charge in [-0.1, -0.05) is 13.0 Å². The van der Waals surface area contributed by atoms with E-state index < -0.39 is 0 Å². The number of phenolic OH excluding ortho intramolecular Hbond substituents is 1. The quantitative estimate of drug-likeness (QED) is 0.839. The molecule has 1 aliphatic rings. The van der Waals surface area contributed by atoms with E-state index in [1.54, 1.807) is 6.07 Å². The molecule has 1 aromatic rings. The Bertz CT molecular complexity index is 332. The zero-order chi connectivity index (χ0) is 11.4. The summed E-state index contributed by atoms with van der Waals surface area (Å²) in [6, 6.07) is 7.49. The molecule has 87 valence electrons. The van der Waals surface area contributed by atoms with Crippen LogP contribution in [0.4, 0.5) is 5.69 Å². The summed E-state index contributed by atoms with van der Waals surface area (Å²) < 4.78 is 0. The van der Waals surface area contributed by atoms with Crippen LogP contribution in [0.2, 0.25) is 0 Å². The van der Waals surface area contributed by atoms with Gasteiger partial charge in [-0.15, -0.1) is 0 Å². The van der Waals surface area contributed by atoms with Crippen molar-refractivity contribution in [3.05, 3.63) is 31.2 Å². The monoisotopic (exact) mass is 219 g/mol. The molecule has 1 heterocycles. The summed E-state index contributed by atoms with van der Waals surface area (Å²) in [6.07, 6.45) is 0.978. The summed E-state index contributed by atoms with van der Waals surface area (Å²) in [7, 11) is 0. The maximum atomic E-state index is 9.43. The topological polar surface area (TPSA) is 26.7 Å². The van der Waals surface area contributed by atoms with E-state index in [-0.39, 0.29) is 0 Å². The predicted molar refractivity (Wildman–Crippen MR) is 66.7 cm³/mol. The minimum atomic E-state index is 0.345. The molecule has 0 atom stereocenters. The van der Waals surface area contributed by atoms with Gasteiger partial charge >= 0.3 is 0 Å². The minimum absolute atomic E-state index is 0.345. The van der Waals surface area contributed by atoms with Gasteiger partial charge in [0.2, 0.25) is 0 Å². The Kier molecular flexibility index (Phi) is 3.67. The normalized spacial score (nSPS) is 17.7. The second kappa shape index (κ2) is 5.21. The second-order valence-electron chi connectivity index (χ2n) is 4.20. The molecule has 0 aliphatic carbocycles. The molecule has 1 fully saturated rings. The molecule has 0 aromatic heterocycles. The van der Waals surface area contributed by atoms with Crippen molar-refractivity contribution in [2.24, 2.45) is 0 Å². The molecular formula is C13H19N2O. The highest BCUT2D eigenvalue weighted by Crippen LogP contribution is 2.21. The van der Waals surface area contributed by atoms with E-state index in [9.17, 15) is 5.11 Å². The van der Waals surface area contributed by atoms with Crippen LogP contribution in [-0.2, 0) is 0 Å². The summed E-state index contributed by atoms with van der Waals surface area (Å²) in [4.78, 5) is 4.76. The average Bonchev–Trinajstić information content (AvgIpc) is 2.30. The molecule has 1 saturated heterocycles. The third kappa shape index (κ3) is 2.67. The van der Waals surface area contributed by atoms with E-state index in [2.05, 4.69) is 22.8 Å². The number of nitrogens with zero attached hydrogens (tertiary/aromatic N) is 2. The van der Waals surface area contributed by atoms with Gasteiger partial charge in [0.1, 0.15) is 5.75 Å². The molecule has 0 spiro atoms. The lowest BCUT2D eigenvalue weighted by Crippen LogP contribution is -2.46. The summed E-state index contributed by atoms with van der Waals surface area (Å²) in [5, 5.41) is 9.43. The van der Waals surface area contributed by atoms with Gasteiger partial charge in [-0.2, -0.15) is 0 Å². The first-order valence-electron chi connectivity index (χ1n) is 5.85. The van der Waals surface area contributed by atoms with Crippen LogP contribution in [0.5, 0.6) is 5.75 Å². The van der Waals surface area contributed by atoms with E-state index in [0.717, 1.165) is 44.8 Å². The number of anilines is 1. The Morgan fingerprint density at radius 3 is 2.56 bits per heavy atom. The summed E-state index contributed by atoms with van der Waals surface area (Å²) >= 11 is 0. The molecular weight excluding hydrogens is 200 g/mol. The van der Waals surface area contributed by atoms with Crippen molar-refractivity contribution in [3.63, 3.8) is 0 Å². The van der Waals surface area contributed by atoms with E-state index in [0.29, 0.717) is 5.75 Å². The second-order valence-corrected chi connectivity index (χ2v) is 4.20. The van der Waals surface area contributed by atoms with Gasteiger partial charge in [-0.25, -0.2) is 0 Å². The first-order chi connectivity index (χ1) is 7.79. The van der Waals surface area contributed by atoms with Crippen LogP contribution in [-0.4, -0.2) is 42.7 Å². The molecule has 1 aromatic carbocycles. The van der Waals surface area contributed by atoms with Crippen molar-refractivity contribution in [2.45, 2.75) is 6.42 Å². The third-order valence-corrected chi connectivity index (χ3v) is 3.04. The maximum Gasteiger partial charge on any atom is 0.117 e. The first-order valence-corrected chi connectivity index (χ1v) is 5.85. The lowest BCUT2D eigenvalue weighted by atomic mass is 10.2. The summed E-state index contributed by atoms with van der Waals surface area (Å²) in [6.45, 7) is 9.21. The van der Waals surface area contributed by atoms with Crippen LogP contribution < -0.4 is 4.90 Å². The van der Waals surface area contributed by atoms with Crippen molar-refractivity contribution in [2.75, 3.05) is 37.6 Å². The lowest BCUT2D eigenvalue weighted by molar-refractivity contribution is 0.262. The number of hydrogen-bond donors (Lipinski definition) is 1. The van der Waals surface area contributed by atoms with Gasteiger partial charge in [-0.3, -0.25) is 4.90 Å². The molecule has 16 heavy (non-hydrogen) atoms. The summed E-state index contributed by atoms with van der Waals surface area (Å²) in [5.41, 5.74) is 1.12. The Labute approximate surface area is 97.3 Å². The van der Waals surface area contributed by atoms with Gasteiger partial charge in [0.05, 0.1) is 0 Å². The van der Waals surface area contributed by atoms with Gasteiger partial charge in [0.25, 0.3) is 0 Å². The van der Waals surface area contributed by atoms with Gasteiger partial charge in [0.15, 0.2) is 0 Å². The molecule has 3 nitrogen and oxygen atoms in total. The lowest BCUT2D eigenvalue weighted by Gasteiger charge is -2.36. The standard InChI is InChI=1S/C13H19N2O/c1-2-6-14-7-9-15(10-8-14)12-4-3-5-13(16)11-12/h3-5,11,16H,1-2,6-10H2. The average molecular weight is 219 g/mol. The number of rotatable bonds is 3. The molecule has 0 bridgehead atoms. The van der Waals surface area contributed by atoms with Gasteiger partial charge in [-0.05, 0) is 25.1 Å². The van der Waals surface area contributed by atoms with E-state index in [1.807, 2.05) is 12.1 Å². The minimum Gasteiger partial charge on any atom is -0.508 e. The zero-order valence-electron chi connectivity index (χ0n) is 9.60. The van der Waals surface area contributed by atoms with Crippen LogP contribution in [0.3, 0.4) is 0 Å². The Morgan fingerprint density at radius 1 is 1.19 bits per heavy atom. The third-order valence-electron chi connectivity index (χ3n) is 3.04. The fourth-order valence-electron chi connectivity index (χ4n) is 2.14. The number of aromatic hydroxyl groups is 1. The number of hydrogen-bond acceptors (Lipinski definition) is 3. The molecule has 0 amide bonds. The molecule has 2 rings (SSSR count). The predicted octanol–water partition coefficient (Wildman–Crippen LogP) is 1.74. The largest absolute Gasteiger partial charge is 0.508 e. The van der Waals surface area contributed by atoms with E-state index >= 15 is 0 Å². The van der Waals surface area contributed by atoms with Crippen molar-refractivity contribution in [1.82, 2.24) is 4.90 Å². The van der Waals surface area contributed by atoms with Crippen LogP contribution >= 0.6 is 0 Å². The number of phenols is 1. The van der Waals surface area contributed by atoms with Crippen molar-refractivity contribution in [3.8, 4) is 5.75 Å². The highest BCUT2D eigenvalue weighted by molar-refractivity contribution is 5.50. The molecule has 0 saturated carbocycles. The molecule has 1 radical (unpaired) electrons.